The zero-order chi connectivity index (χ0) is 17.8. The van der Waals surface area contributed by atoms with Gasteiger partial charge in [-0.05, 0) is 40.8 Å². The van der Waals surface area contributed by atoms with Crippen LogP contribution >= 0.6 is 22.6 Å². The van der Waals surface area contributed by atoms with E-state index in [0.717, 1.165) is 8.47 Å². The molecule has 1 spiro atoms. The largest absolute Gasteiger partial charge is 0.323 e. The predicted octanol–water partition coefficient (Wildman–Crippen LogP) is 2.34. The van der Waals surface area contributed by atoms with Gasteiger partial charge in [-0.2, -0.15) is 0 Å². The molecular formula is C17H11FIN3O3. The molecule has 0 saturated carbocycles. The highest BCUT2D eigenvalue weighted by Gasteiger charge is 2.62. The monoisotopic (exact) mass is 451 g/mol. The molecule has 2 aromatic carbocycles. The number of halogens is 2. The average Bonchev–Trinajstić information content (AvgIpc) is 3.03. The number of para-hydroxylation sites is 1. The third kappa shape index (κ3) is 2.16. The molecular weight excluding hydrogens is 440 g/mol. The molecule has 2 heterocycles. The second-order valence-corrected chi connectivity index (χ2v) is 6.98. The number of nitrogens with one attached hydrogen (secondary N) is 2. The van der Waals surface area contributed by atoms with Gasteiger partial charge in [-0.15, -0.1) is 0 Å². The Morgan fingerprint density at radius 1 is 1.04 bits per heavy atom. The highest BCUT2D eigenvalue weighted by Crippen LogP contribution is 2.46. The molecule has 8 heteroatoms. The fourth-order valence-corrected chi connectivity index (χ4v) is 3.56. The zero-order valence-corrected chi connectivity index (χ0v) is 14.8. The smallest absolute Gasteiger partial charge is 0.312 e. The quantitative estimate of drug-likeness (QED) is 0.319. The van der Waals surface area contributed by atoms with Crippen LogP contribution in [0.4, 0.5) is 14.9 Å². The summed E-state index contributed by atoms with van der Waals surface area (Å²) in [6.45, 7) is 0. The van der Waals surface area contributed by atoms with Crippen LogP contribution in [0, 0.1) is 3.57 Å². The summed E-state index contributed by atoms with van der Waals surface area (Å²) in [6, 6.07) is 12.2. The lowest BCUT2D eigenvalue weighted by Crippen LogP contribution is -2.52. The molecule has 2 N–H and O–H groups in total. The van der Waals surface area contributed by atoms with Crippen molar-refractivity contribution in [1.82, 2.24) is 10.6 Å². The standard InChI is InChI=1S/C17H11FIN3O3/c18-13(9-5-7-10(19)8-6-9)22-12-4-2-1-3-11(12)17(15(22)24)14(23)20-16(25)21-17/h1-8,13H,(H2,20,21,23,25). The Labute approximate surface area is 155 Å². The first-order valence-corrected chi connectivity index (χ1v) is 8.49. The number of fused-ring (bicyclic) bond motifs is 2. The molecule has 2 atom stereocenters. The third-order valence-corrected chi connectivity index (χ3v) is 5.07. The molecule has 2 aliphatic rings. The summed E-state index contributed by atoms with van der Waals surface area (Å²) >= 11 is 2.10. The summed E-state index contributed by atoms with van der Waals surface area (Å²) < 4.78 is 16.2. The maximum Gasteiger partial charge on any atom is 0.323 e. The van der Waals surface area contributed by atoms with Gasteiger partial charge in [0.2, 0.25) is 11.8 Å². The molecule has 0 bridgehead atoms. The molecule has 25 heavy (non-hydrogen) atoms. The first kappa shape index (κ1) is 16.0. The maximum absolute atomic E-state index is 15.2. The van der Waals surface area contributed by atoms with Gasteiger partial charge in [-0.3, -0.25) is 19.8 Å². The first-order valence-electron chi connectivity index (χ1n) is 7.41. The zero-order valence-electron chi connectivity index (χ0n) is 12.6. The van der Waals surface area contributed by atoms with Crippen molar-refractivity contribution in [3.05, 3.63) is 63.2 Å². The van der Waals surface area contributed by atoms with E-state index in [9.17, 15) is 14.4 Å². The topological polar surface area (TPSA) is 78.5 Å². The van der Waals surface area contributed by atoms with Crippen LogP contribution in [-0.4, -0.2) is 17.8 Å². The number of hydrogen-bond acceptors (Lipinski definition) is 3. The highest BCUT2D eigenvalue weighted by atomic mass is 127. The Kier molecular flexibility index (Phi) is 3.53. The van der Waals surface area contributed by atoms with Gasteiger partial charge in [0.15, 0.2) is 0 Å². The van der Waals surface area contributed by atoms with Crippen LogP contribution in [0.1, 0.15) is 17.4 Å². The normalized spacial score (nSPS) is 22.8. The SMILES string of the molecule is O=C1NC(=O)C2(N1)C(=O)N(C(F)c1ccc(I)cc1)c1ccccc12. The molecule has 4 rings (SSSR count). The van der Waals surface area contributed by atoms with E-state index >= 15 is 4.39 Å². The molecule has 4 amide bonds. The lowest BCUT2D eigenvalue weighted by molar-refractivity contribution is -0.134. The second-order valence-electron chi connectivity index (χ2n) is 5.74. The van der Waals surface area contributed by atoms with Gasteiger partial charge in [0.25, 0.3) is 11.8 Å². The van der Waals surface area contributed by atoms with Gasteiger partial charge in [0, 0.05) is 14.7 Å². The Morgan fingerprint density at radius 3 is 2.36 bits per heavy atom. The van der Waals surface area contributed by atoms with Crippen molar-refractivity contribution in [3.63, 3.8) is 0 Å². The van der Waals surface area contributed by atoms with E-state index in [1.54, 1.807) is 48.5 Å². The van der Waals surface area contributed by atoms with Crippen LogP contribution in [0.25, 0.3) is 0 Å². The first-order chi connectivity index (χ1) is 11.9. The summed E-state index contributed by atoms with van der Waals surface area (Å²) in [5.74, 6) is -1.62. The summed E-state index contributed by atoms with van der Waals surface area (Å²) in [4.78, 5) is 38.0. The summed E-state index contributed by atoms with van der Waals surface area (Å²) in [7, 11) is 0. The van der Waals surface area contributed by atoms with Crippen LogP contribution in [0.5, 0.6) is 0 Å². The van der Waals surface area contributed by atoms with Gasteiger partial charge < -0.3 is 5.32 Å². The van der Waals surface area contributed by atoms with Crippen LogP contribution in [-0.2, 0) is 15.1 Å². The van der Waals surface area contributed by atoms with E-state index in [1.165, 1.54) is 0 Å². The molecule has 1 fully saturated rings. The van der Waals surface area contributed by atoms with Gasteiger partial charge in [-0.1, -0.05) is 30.3 Å². The fourth-order valence-electron chi connectivity index (χ4n) is 3.20. The lowest BCUT2D eigenvalue weighted by Gasteiger charge is -2.24. The fraction of sp³-hybridized carbons (Fsp3) is 0.118. The van der Waals surface area contributed by atoms with E-state index < -0.39 is 29.7 Å². The van der Waals surface area contributed by atoms with Gasteiger partial charge in [0.1, 0.15) is 0 Å². The van der Waals surface area contributed by atoms with E-state index in [-0.39, 0.29) is 16.8 Å². The highest BCUT2D eigenvalue weighted by molar-refractivity contribution is 14.1. The predicted molar refractivity (Wildman–Crippen MR) is 95.3 cm³/mol. The number of rotatable bonds is 2. The van der Waals surface area contributed by atoms with E-state index in [1.807, 2.05) is 0 Å². The van der Waals surface area contributed by atoms with Crippen molar-refractivity contribution < 1.29 is 18.8 Å². The maximum atomic E-state index is 15.2. The molecule has 2 unspecified atom stereocenters. The number of nitrogens with zero attached hydrogens (tertiary/aromatic N) is 1. The van der Waals surface area contributed by atoms with E-state index in [4.69, 9.17) is 0 Å². The minimum absolute atomic E-state index is 0.260. The summed E-state index contributed by atoms with van der Waals surface area (Å²) in [6.07, 6.45) is -1.78. The van der Waals surface area contributed by atoms with Crippen LogP contribution in [0.2, 0.25) is 0 Å². The molecule has 1 saturated heterocycles. The van der Waals surface area contributed by atoms with Crippen molar-refractivity contribution in [1.29, 1.82) is 0 Å². The van der Waals surface area contributed by atoms with Crippen molar-refractivity contribution in [3.8, 4) is 0 Å². The number of carbonyl (C=O) groups is 3. The van der Waals surface area contributed by atoms with Crippen LogP contribution in [0.15, 0.2) is 48.5 Å². The number of hydrogen-bond donors (Lipinski definition) is 2. The van der Waals surface area contributed by atoms with Crippen molar-refractivity contribution in [2.45, 2.75) is 11.8 Å². The third-order valence-electron chi connectivity index (χ3n) is 4.35. The molecule has 0 aliphatic carbocycles. The van der Waals surface area contributed by atoms with Crippen LogP contribution in [0.3, 0.4) is 0 Å². The molecule has 126 valence electrons. The molecule has 0 aromatic heterocycles. The second kappa shape index (κ2) is 5.51. The number of benzene rings is 2. The molecule has 2 aliphatic heterocycles. The summed E-state index contributed by atoms with van der Waals surface area (Å²) in [5, 5.41) is 4.44. The Balaban J connectivity index is 1.85. The van der Waals surface area contributed by atoms with Crippen molar-refractivity contribution in [2.75, 3.05) is 4.90 Å². The van der Waals surface area contributed by atoms with Crippen molar-refractivity contribution >= 4 is 46.1 Å². The van der Waals surface area contributed by atoms with Crippen LogP contribution < -0.4 is 15.5 Å². The molecule has 6 nitrogen and oxygen atoms in total. The van der Waals surface area contributed by atoms with Gasteiger partial charge in [0.05, 0.1) is 5.69 Å². The number of anilines is 1. The lowest BCUT2D eigenvalue weighted by atomic mass is 9.92. The average molecular weight is 451 g/mol. The number of carbonyl (C=O) groups excluding carboxylic acids is 3. The minimum atomic E-state index is -1.92. The summed E-state index contributed by atoms with van der Waals surface area (Å²) in [5.41, 5.74) is -1.11. The minimum Gasteiger partial charge on any atom is -0.312 e. The number of urea groups is 1. The Bertz CT molecular complexity index is 918. The molecule has 0 radical (unpaired) electrons. The van der Waals surface area contributed by atoms with Gasteiger partial charge >= 0.3 is 6.03 Å². The number of amides is 4. The van der Waals surface area contributed by atoms with Crippen molar-refractivity contribution in [2.24, 2.45) is 0 Å². The van der Waals surface area contributed by atoms with E-state index in [2.05, 4.69) is 33.2 Å². The number of alkyl halides is 1. The van der Waals surface area contributed by atoms with E-state index in [0.29, 0.717) is 0 Å². The Hall–Kier alpha value is -2.49. The molecule has 2 aromatic rings. The van der Waals surface area contributed by atoms with Gasteiger partial charge in [-0.25, -0.2) is 9.18 Å². The number of imide groups is 1. The Morgan fingerprint density at radius 2 is 1.72 bits per heavy atom.